The van der Waals surface area contributed by atoms with E-state index < -0.39 is 71.9 Å². The second-order valence-electron chi connectivity index (χ2n) is 12.7. The summed E-state index contributed by atoms with van der Waals surface area (Å²) in [5, 5.41) is 16.6. The van der Waals surface area contributed by atoms with Gasteiger partial charge in [-0.25, -0.2) is 13.6 Å². The van der Waals surface area contributed by atoms with Gasteiger partial charge in [0.25, 0.3) is 5.91 Å². The van der Waals surface area contributed by atoms with E-state index in [2.05, 4.69) is 16.0 Å². The van der Waals surface area contributed by atoms with Gasteiger partial charge in [-0.2, -0.15) is 0 Å². The molecule has 2 aliphatic rings. The van der Waals surface area contributed by atoms with Crippen molar-refractivity contribution in [1.82, 2.24) is 20.9 Å². The van der Waals surface area contributed by atoms with Crippen LogP contribution in [0.5, 0.6) is 0 Å². The molecule has 10 nitrogen and oxygen atoms in total. The van der Waals surface area contributed by atoms with Gasteiger partial charge in [0, 0.05) is 19.0 Å². The quantitative estimate of drug-likeness (QED) is 0.303. The predicted molar refractivity (Wildman–Crippen MR) is 140 cm³/mol. The fourth-order valence-corrected chi connectivity index (χ4v) is 5.55. The third-order valence-corrected chi connectivity index (χ3v) is 7.54. The number of halogens is 2. The molecule has 2 rings (SSSR count). The fraction of sp³-hybridized carbons (Fsp3) is 0.815. The number of hydrogen-bond donors (Lipinski definition) is 4. The number of amides is 4. The first-order valence-electron chi connectivity index (χ1n) is 13.7. The van der Waals surface area contributed by atoms with Crippen molar-refractivity contribution < 1.29 is 37.9 Å². The Morgan fingerprint density at radius 2 is 1.56 bits per heavy atom. The minimum atomic E-state index is -3.12. The van der Waals surface area contributed by atoms with Gasteiger partial charge in [0.05, 0.1) is 6.04 Å². The molecule has 222 valence electrons. The van der Waals surface area contributed by atoms with Crippen LogP contribution in [-0.4, -0.2) is 76.2 Å². The van der Waals surface area contributed by atoms with Gasteiger partial charge in [-0.15, -0.1) is 0 Å². The molecule has 1 saturated carbocycles. The molecule has 39 heavy (non-hydrogen) atoms. The van der Waals surface area contributed by atoms with Gasteiger partial charge >= 0.3 is 6.09 Å². The molecule has 2 fully saturated rings. The number of nitrogens with one attached hydrogen (secondary N) is 3. The Morgan fingerprint density at radius 1 is 0.974 bits per heavy atom. The van der Waals surface area contributed by atoms with Crippen molar-refractivity contribution >= 4 is 29.6 Å². The number of hydrogen-bond acceptors (Lipinski definition) is 5. The van der Waals surface area contributed by atoms with Crippen LogP contribution in [0.3, 0.4) is 0 Å². The number of nitrogens with zero attached hydrogens (tertiary/aromatic N) is 1. The van der Waals surface area contributed by atoms with Crippen molar-refractivity contribution in [2.45, 2.75) is 123 Å². The van der Waals surface area contributed by atoms with Crippen LogP contribution >= 0.6 is 0 Å². The molecular formula is C27H44F2N4O6. The summed E-state index contributed by atoms with van der Waals surface area (Å²) in [5.74, 6) is -6.43. The molecule has 0 aromatic carbocycles. The van der Waals surface area contributed by atoms with E-state index in [1.165, 1.54) is 4.90 Å². The van der Waals surface area contributed by atoms with Gasteiger partial charge in [0.1, 0.15) is 12.1 Å². The van der Waals surface area contributed by atoms with Gasteiger partial charge < -0.3 is 26.0 Å². The molecule has 4 amide bonds. The van der Waals surface area contributed by atoms with Crippen LogP contribution in [0.25, 0.3) is 0 Å². The van der Waals surface area contributed by atoms with Crippen LogP contribution in [0, 0.1) is 10.8 Å². The summed E-state index contributed by atoms with van der Waals surface area (Å²) in [7, 11) is 0. The lowest BCUT2D eigenvalue weighted by Crippen LogP contribution is -2.59. The second-order valence-corrected chi connectivity index (χ2v) is 12.7. The summed E-state index contributed by atoms with van der Waals surface area (Å²) in [6.07, 6.45) is 2.19. The zero-order valence-corrected chi connectivity index (χ0v) is 23.9. The highest BCUT2D eigenvalue weighted by atomic mass is 19.3. The maximum Gasteiger partial charge on any atom is 0.405 e. The summed E-state index contributed by atoms with van der Waals surface area (Å²) in [6, 6.07) is -4.06. The number of ketones is 1. The number of Topliss-reactive ketones (excluding diaryl/α,β-unsaturated/α-hetero) is 1. The number of likely N-dealkylation sites (tertiary alicyclic amines) is 1. The van der Waals surface area contributed by atoms with E-state index in [0.717, 1.165) is 32.1 Å². The average Bonchev–Trinajstić information content (AvgIpc) is 3.16. The first-order valence-corrected chi connectivity index (χ1v) is 13.7. The third kappa shape index (κ3) is 9.13. The molecule has 1 saturated heterocycles. The lowest BCUT2D eigenvalue weighted by molar-refractivity contribution is -0.144. The Bertz CT molecular complexity index is 938. The Balaban J connectivity index is 2.38. The van der Waals surface area contributed by atoms with Gasteiger partial charge in [-0.05, 0) is 57.3 Å². The largest absolute Gasteiger partial charge is 0.465 e. The van der Waals surface area contributed by atoms with Crippen molar-refractivity contribution in [3.63, 3.8) is 0 Å². The molecule has 0 aromatic heterocycles. The monoisotopic (exact) mass is 558 g/mol. The van der Waals surface area contributed by atoms with Gasteiger partial charge in [0.15, 0.2) is 0 Å². The molecule has 0 bridgehead atoms. The average molecular weight is 559 g/mol. The summed E-state index contributed by atoms with van der Waals surface area (Å²) >= 11 is 0. The molecule has 1 heterocycles. The van der Waals surface area contributed by atoms with Crippen LogP contribution < -0.4 is 16.0 Å². The van der Waals surface area contributed by atoms with E-state index in [9.17, 15) is 37.9 Å². The molecule has 1 aliphatic heterocycles. The van der Waals surface area contributed by atoms with Gasteiger partial charge in [0.2, 0.25) is 23.5 Å². The van der Waals surface area contributed by atoms with E-state index >= 15 is 0 Å². The van der Waals surface area contributed by atoms with Gasteiger partial charge in [-0.3, -0.25) is 19.2 Å². The fourth-order valence-electron chi connectivity index (χ4n) is 5.55. The number of carboxylic acid groups (broad SMARTS) is 1. The topological polar surface area (TPSA) is 145 Å². The number of alkyl halides is 2. The summed E-state index contributed by atoms with van der Waals surface area (Å²) in [4.78, 5) is 65.6. The SMILES string of the molecule is CC(C)NC(=O)C(=O)[C@H](CCC(C)(F)F)NC(=O)[C@@H]1CC2(CCCCC2)CN1C(=O)[C@@H](NC(=O)O)C(C)(C)C. The van der Waals surface area contributed by atoms with E-state index in [4.69, 9.17) is 0 Å². The van der Waals surface area contributed by atoms with E-state index in [0.29, 0.717) is 13.3 Å². The zero-order chi connectivity index (χ0) is 29.8. The molecule has 12 heteroatoms. The van der Waals surface area contributed by atoms with Crippen molar-refractivity contribution in [2.24, 2.45) is 10.8 Å². The summed E-state index contributed by atoms with van der Waals surface area (Å²) < 4.78 is 27.3. The van der Waals surface area contributed by atoms with Crippen LogP contribution in [-0.2, 0) is 19.2 Å². The Morgan fingerprint density at radius 3 is 2.05 bits per heavy atom. The Labute approximate surface area is 229 Å². The lowest BCUT2D eigenvalue weighted by Gasteiger charge is -2.36. The maximum atomic E-state index is 13.8. The van der Waals surface area contributed by atoms with E-state index in [1.54, 1.807) is 34.6 Å². The molecule has 1 aliphatic carbocycles. The number of carbonyl (C=O) groups excluding carboxylic acids is 4. The Kier molecular flexibility index (Phi) is 10.5. The number of rotatable bonds is 10. The van der Waals surface area contributed by atoms with Crippen molar-refractivity contribution in [3.05, 3.63) is 0 Å². The molecule has 3 atom stereocenters. The van der Waals surface area contributed by atoms with Gasteiger partial charge in [-0.1, -0.05) is 40.0 Å². The van der Waals surface area contributed by atoms with E-state index in [1.807, 2.05) is 0 Å². The minimum absolute atomic E-state index is 0.247. The van der Waals surface area contributed by atoms with Crippen LogP contribution in [0.15, 0.2) is 0 Å². The summed E-state index contributed by atoms with van der Waals surface area (Å²) in [6.45, 7) is 9.34. The Hall–Kier alpha value is -2.79. The van der Waals surface area contributed by atoms with Crippen LogP contribution in [0.4, 0.5) is 13.6 Å². The van der Waals surface area contributed by atoms with Crippen molar-refractivity contribution in [3.8, 4) is 0 Å². The number of carbonyl (C=O) groups is 5. The molecule has 0 aromatic rings. The molecular weight excluding hydrogens is 514 g/mol. The highest BCUT2D eigenvalue weighted by molar-refractivity contribution is 6.38. The van der Waals surface area contributed by atoms with Crippen LogP contribution in [0.2, 0.25) is 0 Å². The second kappa shape index (κ2) is 12.6. The molecule has 1 spiro atoms. The van der Waals surface area contributed by atoms with Crippen molar-refractivity contribution in [1.29, 1.82) is 0 Å². The highest BCUT2D eigenvalue weighted by Gasteiger charge is 2.51. The molecule has 0 unspecified atom stereocenters. The normalized spacial score (nSPS) is 20.8. The van der Waals surface area contributed by atoms with E-state index in [-0.39, 0.29) is 18.0 Å². The van der Waals surface area contributed by atoms with Crippen LogP contribution in [0.1, 0.15) is 92.9 Å². The van der Waals surface area contributed by atoms with Crippen molar-refractivity contribution in [2.75, 3.05) is 6.54 Å². The standard InChI is InChI=1S/C27H44F2N4O6/c1-16(2)30-22(36)19(34)17(10-13-26(6,28)29)31-21(35)18-14-27(11-8-7-9-12-27)15-33(18)23(37)20(25(3,4)5)32-24(38)39/h16-18,20,32H,7-15H2,1-6H3,(H,30,36)(H,31,35)(H,38,39)/t17-,18-,20+/m0/s1. The first kappa shape index (κ1) is 32.4. The maximum absolute atomic E-state index is 13.8. The summed E-state index contributed by atoms with van der Waals surface area (Å²) in [5.41, 5.74) is -1.15. The zero-order valence-electron chi connectivity index (χ0n) is 23.9. The minimum Gasteiger partial charge on any atom is -0.465 e. The highest BCUT2D eigenvalue weighted by Crippen LogP contribution is 2.47. The third-order valence-electron chi connectivity index (χ3n) is 7.54. The molecule has 0 radical (unpaired) electrons. The predicted octanol–water partition coefficient (Wildman–Crippen LogP) is 3.23. The smallest absolute Gasteiger partial charge is 0.405 e. The first-order chi connectivity index (χ1) is 17.8. The molecule has 4 N–H and O–H groups in total. The lowest BCUT2D eigenvalue weighted by atomic mass is 9.72.